The highest BCUT2D eigenvalue weighted by Gasteiger charge is 2.17. The standard InChI is InChI=1S/C20H20ClN3O3/c1-4-6-7-24-11-15(13-8-12(3)23-18(13)19(24)25)17-9-16(21)14(10-22-17)20(26)27-5-2/h4,6,8-11,23H,5,7H2,1-3H3/b6-4+. The van der Waals surface area contributed by atoms with Crippen LogP contribution in [0.15, 0.2) is 41.5 Å². The van der Waals surface area contributed by atoms with Crippen molar-refractivity contribution in [3.05, 3.63) is 63.3 Å². The third-order valence-corrected chi connectivity index (χ3v) is 4.48. The largest absolute Gasteiger partial charge is 0.462 e. The van der Waals surface area contributed by atoms with E-state index in [9.17, 15) is 9.59 Å². The SMILES string of the molecule is C/C=C/Cn1cc(-c2cc(Cl)c(C(=O)OCC)cn2)c2cc(C)[nH]c2c1=O. The zero-order chi connectivity index (χ0) is 19.6. The lowest BCUT2D eigenvalue weighted by Gasteiger charge is -2.10. The number of nitrogens with one attached hydrogen (secondary N) is 1. The van der Waals surface area contributed by atoms with Crippen molar-refractivity contribution in [3.8, 4) is 11.3 Å². The number of rotatable bonds is 5. The van der Waals surface area contributed by atoms with Gasteiger partial charge in [-0.3, -0.25) is 9.78 Å². The molecule has 0 bridgehead atoms. The second-order valence-corrected chi connectivity index (χ2v) is 6.49. The van der Waals surface area contributed by atoms with Crippen molar-refractivity contribution in [1.82, 2.24) is 14.5 Å². The summed E-state index contributed by atoms with van der Waals surface area (Å²) < 4.78 is 6.60. The molecule has 6 nitrogen and oxygen atoms in total. The highest BCUT2D eigenvalue weighted by Crippen LogP contribution is 2.29. The van der Waals surface area contributed by atoms with Crippen LogP contribution in [-0.4, -0.2) is 27.1 Å². The Hall–Kier alpha value is -2.86. The van der Waals surface area contributed by atoms with Crippen molar-refractivity contribution in [3.63, 3.8) is 0 Å². The minimum absolute atomic E-state index is 0.103. The van der Waals surface area contributed by atoms with Gasteiger partial charge in [-0.15, -0.1) is 0 Å². The van der Waals surface area contributed by atoms with Crippen LogP contribution in [0.4, 0.5) is 0 Å². The van der Waals surface area contributed by atoms with Crippen LogP contribution in [0.3, 0.4) is 0 Å². The maximum Gasteiger partial charge on any atom is 0.341 e. The molecule has 27 heavy (non-hydrogen) atoms. The smallest absolute Gasteiger partial charge is 0.341 e. The molecule has 0 amide bonds. The fraction of sp³-hybridized carbons (Fsp3) is 0.250. The van der Waals surface area contributed by atoms with E-state index in [4.69, 9.17) is 16.3 Å². The topological polar surface area (TPSA) is 77.0 Å². The molecule has 0 fully saturated rings. The number of H-pyrrole nitrogens is 1. The molecule has 0 radical (unpaired) electrons. The number of carbonyl (C=O) groups excluding carboxylic acids is 1. The van der Waals surface area contributed by atoms with E-state index in [0.717, 1.165) is 16.6 Å². The molecule has 3 aromatic heterocycles. The molecule has 3 heterocycles. The Morgan fingerprint density at radius 2 is 2.19 bits per heavy atom. The molecule has 3 aromatic rings. The van der Waals surface area contributed by atoms with Crippen LogP contribution in [0.1, 0.15) is 29.9 Å². The minimum Gasteiger partial charge on any atom is -0.462 e. The Bertz CT molecular complexity index is 1100. The highest BCUT2D eigenvalue weighted by atomic mass is 35.5. The van der Waals surface area contributed by atoms with Crippen molar-refractivity contribution in [1.29, 1.82) is 0 Å². The van der Waals surface area contributed by atoms with Crippen LogP contribution < -0.4 is 5.56 Å². The van der Waals surface area contributed by atoms with Crippen molar-refractivity contribution in [2.75, 3.05) is 6.61 Å². The van der Waals surface area contributed by atoms with Gasteiger partial charge in [0.05, 0.1) is 22.9 Å². The van der Waals surface area contributed by atoms with E-state index >= 15 is 0 Å². The number of aromatic amines is 1. The van der Waals surface area contributed by atoms with Gasteiger partial charge in [0.15, 0.2) is 0 Å². The average Bonchev–Trinajstić information content (AvgIpc) is 3.03. The van der Waals surface area contributed by atoms with E-state index in [1.54, 1.807) is 23.8 Å². The lowest BCUT2D eigenvalue weighted by atomic mass is 10.1. The number of esters is 1. The lowest BCUT2D eigenvalue weighted by molar-refractivity contribution is 0.0526. The average molecular weight is 386 g/mol. The summed E-state index contributed by atoms with van der Waals surface area (Å²) in [5.41, 5.74) is 2.84. The van der Waals surface area contributed by atoms with E-state index < -0.39 is 5.97 Å². The molecule has 140 valence electrons. The van der Waals surface area contributed by atoms with E-state index in [1.165, 1.54) is 6.20 Å². The van der Waals surface area contributed by atoms with Gasteiger partial charge in [0.1, 0.15) is 5.52 Å². The summed E-state index contributed by atoms with van der Waals surface area (Å²) in [6, 6.07) is 3.52. The Morgan fingerprint density at radius 1 is 1.41 bits per heavy atom. The summed E-state index contributed by atoms with van der Waals surface area (Å²) in [4.78, 5) is 32.2. The first-order valence-corrected chi connectivity index (χ1v) is 9.01. The maximum atomic E-state index is 12.7. The monoisotopic (exact) mass is 385 g/mol. The van der Waals surface area contributed by atoms with Crippen LogP contribution in [-0.2, 0) is 11.3 Å². The molecule has 7 heteroatoms. The van der Waals surface area contributed by atoms with Gasteiger partial charge in [0, 0.05) is 35.6 Å². The molecule has 0 aromatic carbocycles. The van der Waals surface area contributed by atoms with E-state index in [2.05, 4.69) is 9.97 Å². The van der Waals surface area contributed by atoms with Gasteiger partial charge in [0.25, 0.3) is 5.56 Å². The Kier molecular flexibility index (Phi) is 5.46. The number of pyridine rings is 2. The van der Waals surface area contributed by atoms with Gasteiger partial charge < -0.3 is 14.3 Å². The van der Waals surface area contributed by atoms with Crippen LogP contribution in [0, 0.1) is 6.92 Å². The van der Waals surface area contributed by atoms with Crippen LogP contribution in [0.5, 0.6) is 0 Å². The van der Waals surface area contributed by atoms with Gasteiger partial charge in [0.2, 0.25) is 0 Å². The molecule has 0 saturated carbocycles. The molecule has 1 N–H and O–H groups in total. The normalized spacial score (nSPS) is 11.4. The number of ether oxygens (including phenoxy) is 1. The Morgan fingerprint density at radius 3 is 2.85 bits per heavy atom. The van der Waals surface area contributed by atoms with Gasteiger partial charge in [-0.05, 0) is 32.9 Å². The van der Waals surface area contributed by atoms with Crippen molar-refractivity contribution in [2.24, 2.45) is 0 Å². The number of carbonyl (C=O) groups is 1. The minimum atomic E-state index is -0.512. The predicted molar refractivity (Wildman–Crippen MR) is 106 cm³/mol. The summed E-state index contributed by atoms with van der Waals surface area (Å²) >= 11 is 6.29. The maximum absolute atomic E-state index is 12.7. The molecule has 0 atom stereocenters. The summed E-state index contributed by atoms with van der Waals surface area (Å²) in [5.74, 6) is -0.512. The van der Waals surface area contributed by atoms with Gasteiger partial charge in [-0.1, -0.05) is 23.8 Å². The van der Waals surface area contributed by atoms with Gasteiger partial charge in [-0.25, -0.2) is 4.79 Å². The first-order chi connectivity index (χ1) is 13.0. The van der Waals surface area contributed by atoms with E-state index in [-0.39, 0.29) is 22.8 Å². The number of allylic oxidation sites excluding steroid dienone is 2. The van der Waals surface area contributed by atoms with Crippen LogP contribution in [0.25, 0.3) is 22.2 Å². The quantitative estimate of drug-likeness (QED) is 0.529. The molecule has 0 aliphatic heterocycles. The summed E-state index contributed by atoms with van der Waals surface area (Å²) in [6.45, 7) is 6.23. The predicted octanol–water partition coefficient (Wildman–Crippen LogP) is 4.11. The van der Waals surface area contributed by atoms with Crippen LogP contribution in [0.2, 0.25) is 5.02 Å². The summed E-state index contributed by atoms with van der Waals surface area (Å²) in [5, 5.41) is 1.02. The third-order valence-electron chi connectivity index (χ3n) is 4.16. The Balaban J connectivity index is 2.18. The second-order valence-electron chi connectivity index (χ2n) is 6.08. The van der Waals surface area contributed by atoms with E-state index in [0.29, 0.717) is 17.8 Å². The lowest BCUT2D eigenvalue weighted by Crippen LogP contribution is -2.19. The number of hydrogen-bond donors (Lipinski definition) is 1. The highest BCUT2D eigenvalue weighted by molar-refractivity contribution is 6.33. The molecule has 0 unspecified atom stereocenters. The third kappa shape index (κ3) is 3.66. The molecular formula is C20H20ClN3O3. The number of halogens is 1. The molecule has 0 aliphatic carbocycles. The number of aryl methyl sites for hydroxylation is 1. The van der Waals surface area contributed by atoms with Crippen molar-refractivity contribution in [2.45, 2.75) is 27.3 Å². The zero-order valence-electron chi connectivity index (χ0n) is 15.4. The molecule has 0 spiro atoms. The fourth-order valence-electron chi connectivity index (χ4n) is 2.89. The summed E-state index contributed by atoms with van der Waals surface area (Å²) in [6.07, 6.45) is 6.96. The number of fused-ring (bicyclic) bond motifs is 1. The summed E-state index contributed by atoms with van der Waals surface area (Å²) in [7, 11) is 0. The van der Waals surface area contributed by atoms with Crippen molar-refractivity contribution < 1.29 is 9.53 Å². The van der Waals surface area contributed by atoms with Crippen LogP contribution >= 0.6 is 11.6 Å². The number of hydrogen-bond acceptors (Lipinski definition) is 4. The fourth-order valence-corrected chi connectivity index (χ4v) is 3.12. The number of aromatic nitrogens is 3. The molecule has 0 aliphatic rings. The molecular weight excluding hydrogens is 366 g/mol. The van der Waals surface area contributed by atoms with Gasteiger partial charge in [-0.2, -0.15) is 0 Å². The first-order valence-electron chi connectivity index (χ1n) is 8.63. The molecule has 0 saturated heterocycles. The van der Waals surface area contributed by atoms with Gasteiger partial charge >= 0.3 is 5.97 Å². The second kappa shape index (κ2) is 7.80. The molecule has 3 rings (SSSR count). The zero-order valence-corrected chi connectivity index (χ0v) is 16.1. The first kappa shape index (κ1) is 18.9. The van der Waals surface area contributed by atoms with Crippen molar-refractivity contribution >= 4 is 28.5 Å². The number of nitrogens with zero attached hydrogens (tertiary/aromatic N) is 2. The Labute approximate surface area is 161 Å². The van der Waals surface area contributed by atoms with E-state index in [1.807, 2.05) is 32.1 Å².